The average Bonchev–Trinajstić information content (AvgIpc) is 2.11. The molecule has 0 saturated heterocycles. The van der Waals surface area contributed by atoms with Gasteiger partial charge in [-0.2, -0.15) is 0 Å². The minimum Gasteiger partial charge on any atom is -0.265 e. The maximum absolute atomic E-state index is 4.03. The molecule has 0 unspecified atom stereocenters. The van der Waals surface area contributed by atoms with Gasteiger partial charge in [-0.1, -0.05) is 42.0 Å². The monoisotopic (exact) mass is 171 g/mol. The zero-order valence-electron chi connectivity index (χ0n) is 7.72. The van der Waals surface area contributed by atoms with Crippen molar-refractivity contribution in [1.29, 1.82) is 0 Å². The second-order valence-corrected chi connectivity index (χ2v) is 2.68. The van der Waals surface area contributed by atoms with Gasteiger partial charge in [-0.15, -0.1) is 0 Å². The van der Waals surface area contributed by atoms with Crippen LogP contribution in [0.25, 0.3) is 0 Å². The van der Waals surface area contributed by atoms with Gasteiger partial charge < -0.3 is 0 Å². The Kier molecular flexibility index (Phi) is 4.33. The molecule has 1 heterocycles. The predicted octanol–water partition coefficient (Wildman–Crippen LogP) is 3.20. The minimum atomic E-state index is 1.22. The number of aliphatic imine (C=N–C) groups is 1. The normalized spacial score (nSPS) is 16.5. The van der Waals surface area contributed by atoms with Crippen molar-refractivity contribution in [2.45, 2.75) is 6.92 Å². The first-order chi connectivity index (χ1) is 6.39. The van der Waals surface area contributed by atoms with E-state index in [1.165, 1.54) is 5.57 Å². The first-order valence-electron chi connectivity index (χ1n) is 4.26. The van der Waals surface area contributed by atoms with Crippen LogP contribution in [-0.2, 0) is 0 Å². The van der Waals surface area contributed by atoms with Crippen LogP contribution in [0.4, 0.5) is 0 Å². The minimum absolute atomic E-state index is 1.22. The van der Waals surface area contributed by atoms with Crippen LogP contribution >= 0.6 is 0 Å². The fraction of sp³-hybridized carbons (Fsp3) is 0.0833. The lowest BCUT2D eigenvalue weighted by Gasteiger charge is -1.86. The molecule has 0 bridgehead atoms. The van der Waals surface area contributed by atoms with Gasteiger partial charge in [0.2, 0.25) is 0 Å². The quantitative estimate of drug-likeness (QED) is 0.530. The highest BCUT2D eigenvalue weighted by atomic mass is 14.6. The molecule has 1 aliphatic heterocycles. The van der Waals surface area contributed by atoms with Crippen LogP contribution in [0.15, 0.2) is 65.4 Å². The number of hydrogen-bond donors (Lipinski definition) is 0. The van der Waals surface area contributed by atoms with Crippen molar-refractivity contribution in [3.8, 4) is 0 Å². The summed E-state index contributed by atoms with van der Waals surface area (Å²) in [5, 5.41) is 0. The van der Waals surface area contributed by atoms with E-state index in [-0.39, 0.29) is 0 Å². The number of rotatable bonds is 0. The van der Waals surface area contributed by atoms with E-state index in [1.807, 2.05) is 42.5 Å². The first-order valence-corrected chi connectivity index (χ1v) is 4.26. The number of allylic oxidation sites excluding steroid dienone is 9. The highest BCUT2D eigenvalue weighted by molar-refractivity contribution is 5.72. The Bertz CT molecular complexity index is 312. The molecule has 0 spiro atoms. The standard InChI is InChI=1S/C12H13N/c1-12-8-4-2-3-6-10-13-11-7-5-9-12/h2-11H,1H3. The highest BCUT2D eigenvalue weighted by Crippen LogP contribution is 1.96. The van der Waals surface area contributed by atoms with Gasteiger partial charge in [0, 0.05) is 12.4 Å². The zero-order valence-corrected chi connectivity index (χ0v) is 7.72. The van der Waals surface area contributed by atoms with Crippen LogP contribution < -0.4 is 0 Å². The third-order valence-electron chi connectivity index (χ3n) is 1.51. The molecule has 0 radical (unpaired) electrons. The van der Waals surface area contributed by atoms with Crippen molar-refractivity contribution in [1.82, 2.24) is 0 Å². The van der Waals surface area contributed by atoms with Crippen molar-refractivity contribution < 1.29 is 0 Å². The van der Waals surface area contributed by atoms with Crippen LogP contribution in [0.2, 0.25) is 0 Å². The Balaban J connectivity index is 2.78. The maximum atomic E-state index is 4.03. The summed E-state index contributed by atoms with van der Waals surface area (Å²) < 4.78 is 0. The van der Waals surface area contributed by atoms with Gasteiger partial charge in [-0.3, -0.25) is 4.99 Å². The molecule has 0 amide bonds. The van der Waals surface area contributed by atoms with E-state index in [9.17, 15) is 0 Å². The van der Waals surface area contributed by atoms with Gasteiger partial charge in [-0.25, -0.2) is 0 Å². The van der Waals surface area contributed by atoms with Crippen molar-refractivity contribution in [2.24, 2.45) is 4.99 Å². The van der Waals surface area contributed by atoms with Crippen molar-refractivity contribution >= 4 is 6.21 Å². The fourth-order valence-corrected chi connectivity index (χ4v) is 0.847. The van der Waals surface area contributed by atoms with Crippen LogP contribution in [0.3, 0.4) is 0 Å². The zero-order chi connectivity index (χ0) is 9.36. The molecule has 0 aromatic carbocycles. The third-order valence-corrected chi connectivity index (χ3v) is 1.51. The van der Waals surface area contributed by atoms with Gasteiger partial charge in [0.1, 0.15) is 0 Å². The molecule has 0 atom stereocenters. The van der Waals surface area contributed by atoms with Gasteiger partial charge in [-0.05, 0) is 19.1 Å². The van der Waals surface area contributed by atoms with Gasteiger partial charge in [0.25, 0.3) is 0 Å². The summed E-state index contributed by atoms with van der Waals surface area (Å²) in [4.78, 5) is 4.03. The summed E-state index contributed by atoms with van der Waals surface area (Å²) in [5.41, 5.74) is 1.22. The largest absolute Gasteiger partial charge is 0.265 e. The Morgan fingerprint density at radius 3 is 2.69 bits per heavy atom. The van der Waals surface area contributed by atoms with Gasteiger partial charge in [0.15, 0.2) is 0 Å². The Morgan fingerprint density at radius 2 is 1.77 bits per heavy atom. The first kappa shape index (κ1) is 9.46. The predicted molar refractivity (Wildman–Crippen MR) is 58.8 cm³/mol. The molecule has 0 aliphatic carbocycles. The molecule has 1 nitrogen and oxygen atoms in total. The van der Waals surface area contributed by atoms with Crippen molar-refractivity contribution in [2.75, 3.05) is 0 Å². The van der Waals surface area contributed by atoms with Crippen molar-refractivity contribution in [3.63, 3.8) is 0 Å². The summed E-state index contributed by atoms with van der Waals surface area (Å²) in [5.74, 6) is 0. The van der Waals surface area contributed by atoms with E-state index in [1.54, 1.807) is 12.4 Å². The van der Waals surface area contributed by atoms with E-state index in [0.29, 0.717) is 0 Å². The summed E-state index contributed by atoms with van der Waals surface area (Å²) in [6.45, 7) is 2.06. The lowest BCUT2D eigenvalue weighted by atomic mass is 10.2. The van der Waals surface area contributed by atoms with E-state index >= 15 is 0 Å². The molecule has 13 heavy (non-hydrogen) atoms. The van der Waals surface area contributed by atoms with Crippen molar-refractivity contribution in [3.05, 3.63) is 60.4 Å². The summed E-state index contributed by atoms with van der Waals surface area (Å²) in [6, 6.07) is 0. The molecule has 0 N–H and O–H groups in total. The average molecular weight is 171 g/mol. The van der Waals surface area contributed by atoms with Crippen LogP contribution in [0, 0.1) is 0 Å². The number of hydrogen-bond acceptors (Lipinski definition) is 1. The Hall–Kier alpha value is -1.63. The molecule has 1 heteroatoms. The Labute approximate surface area is 79.2 Å². The van der Waals surface area contributed by atoms with Crippen LogP contribution in [0.1, 0.15) is 6.92 Å². The summed E-state index contributed by atoms with van der Waals surface area (Å²) in [7, 11) is 0. The van der Waals surface area contributed by atoms with E-state index in [4.69, 9.17) is 0 Å². The fourth-order valence-electron chi connectivity index (χ4n) is 0.847. The molecule has 0 saturated carbocycles. The van der Waals surface area contributed by atoms with Gasteiger partial charge in [0.05, 0.1) is 0 Å². The van der Waals surface area contributed by atoms with E-state index in [0.717, 1.165) is 0 Å². The lowest BCUT2D eigenvalue weighted by Crippen LogP contribution is -1.66. The molecule has 1 aliphatic rings. The van der Waals surface area contributed by atoms with E-state index in [2.05, 4.69) is 18.0 Å². The highest BCUT2D eigenvalue weighted by Gasteiger charge is 1.76. The lowest BCUT2D eigenvalue weighted by molar-refractivity contribution is 1.51. The second-order valence-electron chi connectivity index (χ2n) is 2.68. The topological polar surface area (TPSA) is 12.4 Å². The number of nitrogens with zero attached hydrogens (tertiary/aromatic N) is 1. The molecule has 66 valence electrons. The van der Waals surface area contributed by atoms with Gasteiger partial charge >= 0.3 is 0 Å². The van der Waals surface area contributed by atoms with Crippen LogP contribution in [0.5, 0.6) is 0 Å². The van der Waals surface area contributed by atoms with Crippen LogP contribution in [-0.4, -0.2) is 6.21 Å². The Morgan fingerprint density at radius 1 is 0.923 bits per heavy atom. The SMILES string of the molecule is CC1=CC=CC=CC=NC=CC=C1. The molecule has 0 aromatic rings. The maximum Gasteiger partial charge on any atom is 0.0267 e. The third kappa shape index (κ3) is 4.75. The van der Waals surface area contributed by atoms with E-state index < -0.39 is 0 Å². The smallest absolute Gasteiger partial charge is 0.0267 e. The molecule has 0 fully saturated rings. The molecular formula is C12H13N. The summed E-state index contributed by atoms with van der Waals surface area (Å²) >= 11 is 0. The molecular weight excluding hydrogens is 158 g/mol. The second kappa shape index (κ2) is 5.95. The summed E-state index contributed by atoms with van der Waals surface area (Å²) in [6.07, 6.45) is 19.3. The molecule has 0 aromatic heterocycles. The molecule has 1 rings (SSSR count).